The van der Waals surface area contributed by atoms with Gasteiger partial charge in [0.15, 0.2) is 0 Å². The minimum absolute atomic E-state index is 0.0244. The van der Waals surface area contributed by atoms with Gasteiger partial charge in [-0.3, -0.25) is 14.6 Å². The largest absolute Gasteiger partial charge is 0.508 e. The van der Waals surface area contributed by atoms with E-state index in [0.29, 0.717) is 19.4 Å². The van der Waals surface area contributed by atoms with E-state index in [2.05, 4.69) is 41.5 Å². The van der Waals surface area contributed by atoms with Crippen LogP contribution in [0.4, 0.5) is 5.69 Å². The molecule has 2 aliphatic heterocycles. The molecule has 0 radical (unpaired) electrons. The molecule has 0 saturated heterocycles. The van der Waals surface area contributed by atoms with Crippen molar-refractivity contribution < 1.29 is 14.7 Å². The van der Waals surface area contributed by atoms with Crippen LogP contribution >= 0.6 is 0 Å². The average Bonchev–Trinajstić information content (AvgIpc) is 2.89. The maximum absolute atomic E-state index is 13.5. The standard InChI is InChI=1S/C32H35N3O3/c1-4-8-24-15-23(14-22-9-6-5-7-10-22)16-28-29(11-12-35(21(3)36)31(24)28)34-32(38)30-18-27-20(2)13-26(37)17-25(27)19-33-30/h5-7,9-10,13,15-17,19,29-30,37H,4,8,11-12,14,18H2,1-3H3,(H,34,38). The van der Waals surface area contributed by atoms with Crippen LogP contribution in [0.2, 0.25) is 0 Å². The molecule has 2 amide bonds. The van der Waals surface area contributed by atoms with Crippen molar-refractivity contribution in [2.45, 2.75) is 65.0 Å². The van der Waals surface area contributed by atoms with Crippen molar-refractivity contribution in [3.05, 3.63) is 93.5 Å². The van der Waals surface area contributed by atoms with Crippen LogP contribution in [-0.4, -0.2) is 35.7 Å². The fourth-order valence-corrected chi connectivity index (χ4v) is 5.83. The maximum atomic E-state index is 13.5. The second-order valence-electron chi connectivity index (χ2n) is 10.5. The average molecular weight is 510 g/mol. The van der Waals surface area contributed by atoms with Crippen molar-refractivity contribution in [1.82, 2.24) is 5.32 Å². The number of amides is 2. The van der Waals surface area contributed by atoms with E-state index in [1.165, 1.54) is 11.1 Å². The molecule has 0 saturated carbocycles. The van der Waals surface area contributed by atoms with E-state index in [4.69, 9.17) is 0 Å². The van der Waals surface area contributed by atoms with Gasteiger partial charge in [0.25, 0.3) is 0 Å². The summed E-state index contributed by atoms with van der Waals surface area (Å²) in [5.74, 6) is 0.118. The number of fused-ring (bicyclic) bond motifs is 2. The molecule has 2 aliphatic rings. The number of carbonyl (C=O) groups is 2. The van der Waals surface area contributed by atoms with E-state index in [0.717, 1.165) is 52.8 Å². The highest BCUT2D eigenvalue weighted by Gasteiger charge is 2.33. The first-order chi connectivity index (χ1) is 18.3. The number of aromatic hydroxyl groups is 1. The highest BCUT2D eigenvalue weighted by molar-refractivity contribution is 5.95. The molecule has 3 aromatic rings. The first-order valence-corrected chi connectivity index (χ1v) is 13.5. The van der Waals surface area contributed by atoms with E-state index in [1.54, 1.807) is 25.3 Å². The number of aryl methyl sites for hydroxylation is 2. The van der Waals surface area contributed by atoms with Crippen LogP contribution in [0, 0.1) is 6.92 Å². The number of hydrogen-bond acceptors (Lipinski definition) is 4. The molecule has 3 aromatic carbocycles. The van der Waals surface area contributed by atoms with E-state index in [9.17, 15) is 14.7 Å². The molecule has 0 aromatic heterocycles. The molecule has 196 valence electrons. The van der Waals surface area contributed by atoms with Crippen LogP contribution in [0.3, 0.4) is 0 Å². The van der Waals surface area contributed by atoms with E-state index in [1.807, 2.05) is 30.0 Å². The number of phenolic OH excluding ortho intramolecular Hbond substituents is 1. The first kappa shape index (κ1) is 25.7. The topological polar surface area (TPSA) is 82.0 Å². The minimum Gasteiger partial charge on any atom is -0.508 e. The molecule has 6 nitrogen and oxygen atoms in total. The molecular formula is C32H35N3O3. The Labute approximate surface area is 224 Å². The van der Waals surface area contributed by atoms with Gasteiger partial charge in [0.1, 0.15) is 11.8 Å². The van der Waals surface area contributed by atoms with Crippen LogP contribution in [0.25, 0.3) is 0 Å². The summed E-state index contributed by atoms with van der Waals surface area (Å²) < 4.78 is 0. The fraction of sp³-hybridized carbons (Fsp3) is 0.344. The molecule has 0 bridgehead atoms. The van der Waals surface area contributed by atoms with Crippen LogP contribution in [0.1, 0.15) is 71.7 Å². The monoisotopic (exact) mass is 509 g/mol. The third kappa shape index (κ3) is 5.21. The zero-order valence-electron chi connectivity index (χ0n) is 22.3. The molecule has 0 aliphatic carbocycles. The van der Waals surface area contributed by atoms with Crippen molar-refractivity contribution in [1.29, 1.82) is 0 Å². The molecule has 0 fully saturated rings. The Hall–Kier alpha value is -3.93. The number of aliphatic imine (C=N–C) groups is 1. The molecule has 2 unspecified atom stereocenters. The van der Waals surface area contributed by atoms with Crippen LogP contribution in [0.5, 0.6) is 5.75 Å². The lowest BCUT2D eigenvalue weighted by Gasteiger charge is -2.37. The van der Waals surface area contributed by atoms with Gasteiger partial charge in [-0.25, -0.2) is 0 Å². The van der Waals surface area contributed by atoms with E-state index < -0.39 is 6.04 Å². The van der Waals surface area contributed by atoms with Gasteiger partial charge in [-0.05, 0) is 77.3 Å². The lowest BCUT2D eigenvalue weighted by atomic mass is 9.87. The minimum atomic E-state index is -0.525. The highest BCUT2D eigenvalue weighted by Crippen LogP contribution is 2.39. The number of nitrogens with one attached hydrogen (secondary N) is 1. The summed E-state index contributed by atoms with van der Waals surface area (Å²) in [6.07, 6.45) is 5.47. The normalized spacial score (nSPS) is 18.0. The highest BCUT2D eigenvalue weighted by atomic mass is 16.3. The Kier molecular flexibility index (Phi) is 7.32. The summed E-state index contributed by atoms with van der Waals surface area (Å²) >= 11 is 0. The number of hydrogen-bond donors (Lipinski definition) is 2. The van der Waals surface area contributed by atoms with Gasteiger partial charge in [0, 0.05) is 26.1 Å². The smallest absolute Gasteiger partial charge is 0.245 e. The Morgan fingerprint density at radius 2 is 1.89 bits per heavy atom. The van der Waals surface area contributed by atoms with Gasteiger partial charge in [-0.15, -0.1) is 0 Å². The van der Waals surface area contributed by atoms with Gasteiger partial charge in [-0.1, -0.05) is 55.8 Å². The Morgan fingerprint density at radius 3 is 2.63 bits per heavy atom. The zero-order valence-corrected chi connectivity index (χ0v) is 22.3. The Bertz CT molecular complexity index is 1400. The SMILES string of the molecule is CCCc1cc(Cc2ccccc2)cc2c1N(C(C)=O)CCC2NC(=O)C1Cc2c(C)cc(O)cc2C=N1. The molecule has 38 heavy (non-hydrogen) atoms. The predicted octanol–water partition coefficient (Wildman–Crippen LogP) is 5.20. The molecule has 5 rings (SSSR count). The summed E-state index contributed by atoms with van der Waals surface area (Å²) in [5, 5.41) is 13.2. The Morgan fingerprint density at radius 1 is 1.11 bits per heavy atom. The van der Waals surface area contributed by atoms with Crippen LogP contribution in [-0.2, 0) is 28.9 Å². The Balaban J connectivity index is 1.47. The second-order valence-corrected chi connectivity index (χ2v) is 10.5. The van der Waals surface area contributed by atoms with E-state index in [-0.39, 0.29) is 23.6 Å². The summed E-state index contributed by atoms with van der Waals surface area (Å²) in [7, 11) is 0. The van der Waals surface area contributed by atoms with Gasteiger partial charge in [-0.2, -0.15) is 0 Å². The van der Waals surface area contributed by atoms with Gasteiger partial charge >= 0.3 is 0 Å². The number of rotatable bonds is 6. The quantitative estimate of drug-likeness (QED) is 0.479. The molecule has 2 N–H and O–H groups in total. The fourth-order valence-electron chi connectivity index (χ4n) is 5.83. The van der Waals surface area contributed by atoms with Crippen molar-refractivity contribution in [2.75, 3.05) is 11.4 Å². The summed E-state index contributed by atoms with van der Waals surface area (Å²) in [4.78, 5) is 32.6. The third-order valence-corrected chi connectivity index (χ3v) is 7.62. The van der Waals surface area contributed by atoms with Crippen molar-refractivity contribution in [3.8, 4) is 5.75 Å². The summed E-state index contributed by atoms with van der Waals surface area (Å²) in [6.45, 7) is 6.28. The number of nitrogens with zero attached hydrogens (tertiary/aromatic N) is 2. The number of phenols is 1. The van der Waals surface area contributed by atoms with Gasteiger partial charge in [0.05, 0.1) is 11.7 Å². The third-order valence-electron chi connectivity index (χ3n) is 7.62. The number of benzene rings is 3. The maximum Gasteiger partial charge on any atom is 0.245 e. The predicted molar refractivity (Wildman–Crippen MR) is 151 cm³/mol. The molecule has 0 spiro atoms. The summed E-state index contributed by atoms with van der Waals surface area (Å²) in [6, 6.07) is 17.5. The van der Waals surface area contributed by atoms with Crippen LogP contribution < -0.4 is 10.2 Å². The lowest BCUT2D eigenvalue weighted by molar-refractivity contribution is -0.123. The van der Waals surface area contributed by atoms with Gasteiger partial charge < -0.3 is 15.3 Å². The van der Waals surface area contributed by atoms with Crippen molar-refractivity contribution in [2.24, 2.45) is 4.99 Å². The first-order valence-electron chi connectivity index (χ1n) is 13.5. The zero-order chi connectivity index (χ0) is 26.8. The van der Waals surface area contributed by atoms with Crippen molar-refractivity contribution >= 4 is 23.7 Å². The van der Waals surface area contributed by atoms with Gasteiger partial charge in [0.2, 0.25) is 11.8 Å². The molecular weight excluding hydrogens is 474 g/mol. The number of anilines is 1. The molecule has 6 heteroatoms. The molecule has 2 heterocycles. The van der Waals surface area contributed by atoms with Crippen LogP contribution in [0.15, 0.2) is 59.6 Å². The number of carbonyl (C=O) groups excluding carboxylic acids is 2. The second kappa shape index (κ2) is 10.8. The lowest BCUT2D eigenvalue weighted by Crippen LogP contribution is -2.44. The van der Waals surface area contributed by atoms with E-state index >= 15 is 0 Å². The van der Waals surface area contributed by atoms with Crippen molar-refractivity contribution in [3.63, 3.8) is 0 Å². The summed E-state index contributed by atoms with van der Waals surface area (Å²) in [5.41, 5.74) is 8.40. The molecule has 2 atom stereocenters.